The van der Waals surface area contributed by atoms with E-state index in [0.29, 0.717) is 5.56 Å². The van der Waals surface area contributed by atoms with Crippen LogP contribution in [-0.2, 0) is 22.3 Å². The number of hydrogen-bond donors (Lipinski definition) is 1. The molecule has 0 amide bonds. The van der Waals surface area contributed by atoms with Crippen LogP contribution in [0, 0.1) is 18.6 Å². The van der Waals surface area contributed by atoms with Gasteiger partial charge in [0.05, 0.1) is 11.4 Å². The van der Waals surface area contributed by atoms with Crippen molar-refractivity contribution >= 4 is 26.3 Å². The summed E-state index contributed by atoms with van der Waals surface area (Å²) in [5.74, 6) is -1.06. The first kappa shape index (κ1) is 19.7. The molecule has 0 unspecified atom stereocenters. The first-order chi connectivity index (χ1) is 13.8. The smallest absolute Gasteiger partial charge is 0.216 e. The second-order valence-corrected chi connectivity index (χ2v) is 9.48. The van der Waals surface area contributed by atoms with Crippen LogP contribution in [0.4, 0.5) is 8.78 Å². The van der Waals surface area contributed by atoms with Crippen LogP contribution < -0.4 is 4.72 Å². The van der Waals surface area contributed by atoms with Gasteiger partial charge in [0.1, 0.15) is 11.6 Å². The number of sulfonamides is 1. The summed E-state index contributed by atoms with van der Waals surface area (Å²) in [7, 11) is -3.62. The molecule has 0 spiro atoms. The second kappa shape index (κ2) is 7.66. The standard InChI is InChI=1S/C20H17F2N3O2S2/c1-13-19(10-23-29(26,27)12-14-3-2-4-17(22)9-14)28-20-24-18(11-25(13)20)15-5-7-16(21)8-6-15/h2-9,11,23H,10,12H2,1H3. The molecule has 150 valence electrons. The molecule has 0 saturated carbocycles. The third-order valence-corrected chi connectivity index (χ3v) is 6.95. The molecule has 2 aromatic heterocycles. The fraction of sp³-hybridized carbons (Fsp3) is 0.150. The van der Waals surface area contributed by atoms with Gasteiger partial charge < -0.3 is 0 Å². The van der Waals surface area contributed by atoms with E-state index < -0.39 is 15.8 Å². The van der Waals surface area contributed by atoms with Gasteiger partial charge in [-0.1, -0.05) is 23.5 Å². The summed E-state index contributed by atoms with van der Waals surface area (Å²) >= 11 is 1.38. The topological polar surface area (TPSA) is 63.5 Å². The molecule has 0 radical (unpaired) electrons. The van der Waals surface area contributed by atoms with Crippen molar-refractivity contribution in [3.8, 4) is 11.3 Å². The number of nitrogens with one attached hydrogen (secondary N) is 1. The maximum Gasteiger partial charge on any atom is 0.216 e. The number of imidazole rings is 1. The minimum absolute atomic E-state index is 0.128. The van der Waals surface area contributed by atoms with Crippen LogP contribution in [0.25, 0.3) is 16.2 Å². The van der Waals surface area contributed by atoms with Crippen LogP contribution in [0.3, 0.4) is 0 Å². The quantitative estimate of drug-likeness (QED) is 0.494. The summed E-state index contributed by atoms with van der Waals surface area (Å²) in [4.78, 5) is 6.11. The monoisotopic (exact) mass is 433 g/mol. The maximum absolute atomic E-state index is 13.3. The van der Waals surface area contributed by atoms with Crippen molar-refractivity contribution in [2.24, 2.45) is 0 Å². The van der Waals surface area contributed by atoms with Crippen LogP contribution in [-0.4, -0.2) is 17.8 Å². The highest BCUT2D eigenvalue weighted by atomic mass is 32.2. The van der Waals surface area contributed by atoms with Crippen LogP contribution in [0.15, 0.2) is 54.7 Å². The van der Waals surface area contributed by atoms with Crippen LogP contribution in [0.1, 0.15) is 16.1 Å². The van der Waals surface area contributed by atoms with Crippen LogP contribution >= 0.6 is 11.3 Å². The normalized spacial score (nSPS) is 12.0. The highest BCUT2D eigenvalue weighted by Gasteiger charge is 2.16. The number of hydrogen-bond acceptors (Lipinski definition) is 4. The lowest BCUT2D eigenvalue weighted by Gasteiger charge is -2.06. The molecule has 4 rings (SSSR count). The van der Waals surface area contributed by atoms with Gasteiger partial charge in [-0.05, 0) is 48.9 Å². The highest BCUT2D eigenvalue weighted by Crippen LogP contribution is 2.27. The van der Waals surface area contributed by atoms with Crippen molar-refractivity contribution in [2.75, 3.05) is 0 Å². The van der Waals surface area contributed by atoms with E-state index in [1.165, 1.54) is 41.7 Å². The molecule has 4 aromatic rings. The number of fused-ring (bicyclic) bond motifs is 1. The van der Waals surface area contributed by atoms with E-state index in [0.717, 1.165) is 26.8 Å². The van der Waals surface area contributed by atoms with Gasteiger partial charge in [-0.3, -0.25) is 4.40 Å². The van der Waals surface area contributed by atoms with Gasteiger partial charge in [0.2, 0.25) is 10.0 Å². The molecule has 0 fully saturated rings. The van der Waals surface area contributed by atoms with E-state index >= 15 is 0 Å². The zero-order valence-corrected chi connectivity index (χ0v) is 17.0. The molecule has 2 aromatic carbocycles. The molecule has 0 aliphatic heterocycles. The Morgan fingerprint density at radius 3 is 2.55 bits per heavy atom. The third kappa shape index (κ3) is 4.36. The molecule has 29 heavy (non-hydrogen) atoms. The molecule has 2 heterocycles. The maximum atomic E-state index is 13.3. The number of aromatic nitrogens is 2. The van der Waals surface area contributed by atoms with Gasteiger partial charge in [0.25, 0.3) is 0 Å². The first-order valence-corrected chi connectivity index (χ1v) is 11.2. The van der Waals surface area contributed by atoms with Gasteiger partial charge in [0.15, 0.2) is 4.96 Å². The SMILES string of the molecule is Cc1c(CNS(=O)(=O)Cc2cccc(F)c2)sc2nc(-c3ccc(F)cc3)cn12. The summed E-state index contributed by atoms with van der Waals surface area (Å²) in [6.07, 6.45) is 1.85. The Bertz CT molecular complexity index is 1280. The zero-order valence-electron chi connectivity index (χ0n) is 15.4. The van der Waals surface area contributed by atoms with Crippen molar-refractivity contribution in [1.82, 2.24) is 14.1 Å². The predicted octanol–water partition coefficient (Wildman–Crippen LogP) is 4.27. The van der Waals surface area contributed by atoms with Crippen molar-refractivity contribution in [1.29, 1.82) is 0 Å². The molecule has 0 aliphatic carbocycles. The van der Waals surface area contributed by atoms with E-state index in [1.54, 1.807) is 18.2 Å². The Balaban J connectivity index is 1.50. The molecule has 0 bridgehead atoms. The number of nitrogens with zero attached hydrogens (tertiary/aromatic N) is 2. The van der Waals surface area contributed by atoms with Crippen molar-refractivity contribution in [3.63, 3.8) is 0 Å². The summed E-state index contributed by atoms with van der Waals surface area (Å²) in [6, 6.07) is 11.6. The first-order valence-electron chi connectivity index (χ1n) is 8.76. The number of thiazole rings is 1. The van der Waals surface area contributed by atoms with E-state index in [-0.39, 0.29) is 18.1 Å². The van der Waals surface area contributed by atoms with Gasteiger partial charge in [-0.25, -0.2) is 26.9 Å². The lowest BCUT2D eigenvalue weighted by atomic mass is 10.2. The van der Waals surface area contributed by atoms with E-state index in [2.05, 4.69) is 9.71 Å². The molecule has 5 nitrogen and oxygen atoms in total. The van der Waals surface area contributed by atoms with Gasteiger partial charge >= 0.3 is 0 Å². The molecule has 0 aliphatic rings. The number of benzene rings is 2. The Hall–Kier alpha value is -2.62. The summed E-state index contributed by atoms with van der Waals surface area (Å²) < 4.78 is 55.5. The summed E-state index contributed by atoms with van der Waals surface area (Å²) in [6.45, 7) is 2.01. The lowest BCUT2D eigenvalue weighted by molar-refractivity contribution is 0.580. The fourth-order valence-electron chi connectivity index (χ4n) is 2.99. The van der Waals surface area contributed by atoms with Crippen LogP contribution in [0.2, 0.25) is 0 Å². The Morgan fingerprint density at radius 2 is 1.86 bits per heavy atom. The molecule has 0 atom stereocenters. The molecule has 0 saturated heterocycles. The average molecular weight is 434 g/mol. The van der Waals surface area contributed by atoms with E-state index in [4.69, 9.17) is 0 Å². The fourth-order valence-corrected chi connectivity index (χ4v) is 5.21. The number of rotatable bonds is 6. The Kier molecular flexibility index (Phi) is 5.20. The molecule has 1 N–H and O–H groups in total. The van der Waals surface area contributed by atoms with Crippen molar-refractivity contribution < 1.29 is 17.2 Å². The minimum atomic E-state index is -3.62. The van der Waals surface area contributed by atoms with Gasteiger partial charge in [-0.15, -0.1) is 0 Å². The molecular formula is C20H17F2N3O2S2. The zero-order chi connectivity index (χ0) is 20.6. The Morgan fingerprint density at radius 1 is 1.10 bits per heavy atom. The van der Waals surface area contributed by atoms with Crippen molar-refractivity contribution in [2.45, 2.75) is 19.2 Å². The second-order valence-electron chi connectivity index (χ2n) is 6.61. The molecular weight excluding hydrogens is 416 g/mol. The van der Waals surface area contributed by atoms with Gasteiger partial charge in [0, 0.05) is 28.9 Å². The number of halogens is 2. The lowest BCUT2D eigenvalue weighted by Crippen LogP contribution is -2.24. The largest absolute Gasteiger partial charge is 0.294 e. The summed E-state index contributed by atoms with van der Waals surface area (Å²) in [5.41, 5.74) is 2.79. The predicted molar refractivity (Wildman–Crippen MR) is 109 cm³/mol. The van der Waals surface area contributed by atoms with Crippen molar-refractivity contribution in [3.05, 3.63) is 82.5 Å². The minimum Gasteiger partial charge on any atom is -0.294 e. The Labute approximate surface area is 170 Å². The van der Waals surface area contributed by atoms with Gasteiger partial charge in [-0.2, -0.15) is 0 Å². The number of aryl methyl sites for hydroxylation is 1. The van der Waals surface area contributed by atoms with E-state index in [1.807, 2.05) is 17.5 Å². The van der Waals surface area contributed by atoms with Crippen LogP contribution in [0.5, 0.6) is 0 Å². The van der Waals surface area contributed by atoms with E-state index in [9.17, 15) is 17.2 Å². The third-order valence-electron chi connectivity index (χ3n) is 4.49. The average Bonchev–Trinajstić information content (AvgIpc) is 3.20. The highest BCUT2D eigenvalue weighted by molar-refractivity contribution is 7.88. The summed E-state index contributed by atoms with van der Waals surface area (Å²) in [5, 5.41) is 0. The molecule has 9 heteroatoms.